The number of H-pyrrole nitrogens is 1. The van der Waals surface area contributed by atoms with Gasteiger partial charge in [-0.2, -0.15) is 5.10 Å². The first-order valence-electron chi connectivity index (χ1n) is 5.65. The van der Waals surface area contributed by atoms with Gasteiger partial charge in [-0.25, -0.2) is 4.98 Å². The molecule has 1 unspecified atom stereocenters. The first-order valence-corrected chi connectivity index (χ1v) is 6.40. The maximum atomic E-state index is 11.9. The van der Waals surface area contributed by atoms with Gasteiger partial charge in [-0.1, -0.05) is 29.3 Å². The summed E-state index contributed by atoms with van der Waals surface area (Å²) in [6.07, 6.45) is 1.63. The van der Waals surface area contributed by atoms with Crippen molar-refractivity contribution in [1.29, 1.82) is 0 Å². The fourth-order valence-electron chi connectivity index (χ4n) is 1.62. The molecule has 1 aromatic heterocycles. The molecule has 5 nitrogen and oxygen atoms in total. The number of nitrogens with one attached hydrogen (secondary N) is 2. The van der Waals surface area contributed by atoms with Gasteiger partial charge in [0.05, 0.1) is 22.5 Å². The first kappa shape index (κ1) is 13.8. The third kappa shape index (κ3) is 3.68. The average molecular weight is 299 g/mol. The van der Waals surface area contributed by atoms with E-state index >= 15 is 0 Å². The number of carbonyl (C=O) groups is 1. The van der Waals surface area contributed by atoms with E-state index < -0.39 is 0 Å². The van der Waals surface area contributed by atoms with Crippen LogP contribution >= 0.6 is 23.2 Å². The zero-order chi connectivity index (χ0) is 13.8. The first-order chi connectivity index (χ1) is 9.06. The van der Waals surface area contributed by atoms with Gasteiger partial charge in [0.15, 0.2) is 0 Å². The standard InChI is InChI=1S/C12H12Cl2N4O/c1-7(12-15-6-16-18-12)17-11(19)5-8-2-3-9(13)10(14)4-8/h2-4,6-7H,5H2,1H3,(H,17,19)(H,15,16,18). The number of carbonyl (C=O) groups excluding carboxylic acids is 1. The van der Waals surface area contributed by atoms with Gasteiger partial charge in [-0.15, -0.1) is 0 Å². The van der Waals surface area contributed by atoms with Gasteiger partial charge in [0.25, 0.3) is 0 Å². The second-order valence-electron chi connectivity index (χ2n) is 4.09. The van der Waals surface area contributed by atoms with Crippen molar-refractivity contribution < 1.29 is 4.79 Å². The lowest BCUT2D eigenvalue weighted by molar-refractivity contribution is -0.121. The van der Waals surface area contributed by atoms with E-state index in [2.05, 4.69) is 20.5 Å². The number of nitrogens with zero attached hydrogens (tertiary/aromatic N) is 2. The van der Waals surface area contributed by atoms with Crippen molar-refractivity contribution >= 4 is 29.1 Å². The monoisotopic (exact) mass is 298 g/mol. The molecule has 0 aliphatic rings. The number of aromatic amines is 1. The Bertz CT molecular complexity index is 571. The highest BCUT2D eigenvalue weighted by Crippen LogP contribution is 2.22. The van der Waals surface area contributed by atoms with Gasteiger partial charge in [0.2, 0.25) is 5.91 Å². The molecule has 2 N–H and O–H groups in total. The summed E-state index contributed by atoms with van der Waals surface area (Å²) in [5.41, 5.74) is 0.802. The zero-order valence-corrected chi connectivity index (χ0v) is 11.7. The predicted molar refractivity (Wildman–Crippen MR) is 73.1 cm³/mol. The lowest BCUT2D eigenvalue weighted by Gasteiger charge is -2.11. The molecule has 0 saturated carbocycles. The molecule has 0 fully saturated rings. The molecule has 0 aliphatic heterocycles. The Labute approximate surface area is 120 Å². The fraction of sp³-hybridized carbons (Fsp3) is 0.250. The van der Waals surface area contributed by atoms with Crippen LogP contribution in [0.2, 0.25) is 10.0 Å². The van der Waals surface area contributed by atoms with Gasteiger partial charge in [0.1, 0.15) is 12.2 Å². The molecule has 0 aliphatic carbocycles. The summed E-state index contributed by atoms with van der Waals surface area (Å²) in [5, 5.41) is 10.2. The third-order valence-electron chi connectivity index (χ3n) is 2.57. The van der Waals surface area contributed by atoms with Gasteiger partial charge in [-0.3, -0.25) is 9.89 Å². The second kappa shape index (κ2) is 6.04. The molecule has 100 valence electrons. The van der Waals surface area contributed by atoms with E-state index in [9.17, 15) is 4.79 Å². The van der Waals surface area contributed by atoms with Gasteiger partial charge in [-0.05, 0) is 24.6 Å². The Kier molecular flexibility index (Phi) is 4.39. The molecule has 0 spiro atoms. The molecule has 2 aromatic rings. The SMILES string of the molecule is CC(NC(=O)Cc1ccc(Cl)c(Cl)c1)c1ncn[nH]1. The number of aromatic nitrogens is 3. The Morgan fingerprint density at radius 1 is 1.42 bits per heavy atom. The van der Waals surface area contributed by atoms with Crippen molar-refractivity contribution in [2.24, 2.45) is 0 Å². The molecule has 2 rings (SSSR count). The smallest absolute Gasteiger partial charge is 0.224 e. The maximum Gasteiger partial charge on any atom is 0.224 e. The summed E-state index contributed by atoms with van der Waals surface area (Å²) in [5.74, 6) is 0.491. The number of halogens is 2. The molecule has 1 heterocycles. The summed E-state index contributed by atoms with van der Waals surface area (Å²) in [6.45, 7) is 1.83. The molecule has 19 heavy (non-hydrogen) atoms. The number of rotatable bonds is 4. The molecular weight excluding hydrogens is 287 g/mol. The Morgan fingerprint density at radius 3 is 2.84 bits per heavy atom. The van der Waals surface area contributed by atoms with Crippen molar-refractivity contribution in [3.05, 3.63) is 46.0 Å². The van der Waals surface area contributed by atoms with Gasteiger partial charge < -0.3 is 5.32 Å². The summed E-state index contributed by atoms with van der Waals surface area (Å²) in [7, 11) is 0. The summed E-state index contributed by atoms with van der Waals surface area (Å²) in [4.78, 5) is 15.8. The van der Waals surface area contributed by atoms with Crippen molar-refractivity contribution in [1.82, 2.24) is 20.5 Å². The highest BCUT2D eigenvalue weighted by atomic mass is 35.5. The van der Waals surface area contributed by atoms with Crippen LogP contribution in [-0.4, -0.2) is 21.1 Å². The number of hydrogen-bond donors (Lipinski definition) is 2. The molecular formula is C12H12Cl2N4O. The van der Waals surface area contributed by atoms with Gasteiger partial charge in [0, 0.05) is 0 Å². The normalized spacial score (nSPS) is 12.2. The van der Waals surface area contributed by atoms with E-state index in [-0.39, 0.29) is 18.4 Å². The van der Waals surface area contributed by atoms with Crippen molar-refractivity contribution in [2.45, 2.75) is 19.4 Å². The van der Waals surface area contributed by atoms with E-state index in [1.54, 1.807) is 18.2 Å². The largest absolute Gasteiger partial charge is 0.346 e. The topological polar surface area (TPSA) is 70.7 Å². The third-order valence-corrected chi connectivity index (χ3v) is 3.31. The van der Waals surface area contributed by atoms with Crippen LogP contribution in [-0.2, 0) is 11.2 Å². The summed E-state index contributed by atoms with van der Waals surface area (Å²) < 4.78 is 0. The Morgan fingerprint density at radius 2 is 2.21 bits per heavy atom. The van der Waals surface area contributed by atoms with Crippen LogP contribution in [0.25, 0.3) is 0 Å². The van der Waals surface area contributed by atoms with Crippen molar-refractivity contribution in [3.63, 3.8) is 0 Å². The summed E-state index contributed by atoms with van der Waals surface area (Å²) >= 11 is 11.7. The van der Waals surface area contributed by atoms with Crippen LogP contribution in [0.4, 0.5) is 0 Å². The van der Waals surface area contributed by atoms with Crippen LogP contribution in [0.5, 0.6) is 0 Å². The number of benzene rings is 1. The van der Waals surface area contributed by atoms with Crippen LogP contribution in [0.3, 0.4) is 0 Å². The highest BCUT2D eigenvalue weighted by molar-refractivity contribution is 6.42. The summed E-state index contributed by atoms with van der Waals surface area (Å²) in [6, 6.07) is 4.90. The molecule has 1 atom stereocenters. The fourth-order valence-corrected chi connectivity index (χ4v) is 1.94. The average Bonchev–Trinajstić information content (AvgIpc) is 2.87. The molecule has 7 heteroatoms. The zero-order valence-electron chi connectivity index (χ0n) is 10.2. The molecule has 0 saturated heterocycles. The minimum absolute atomic E-state index is 0.123. The van der Waals surface area contributed by atoms with Crippen LogP contribution in [0, 0.1) is 0 Å². The molecule has 0 bridgehead atoms. The van der Waals surface area contributed by atoms with E-state index in [1.807, 2.05) is 6.92 Å². The highest BCUT2D eigenvalue weighted by Gasteiger charge is 2.12. The maximum absolute atomic E-state index is 11.9. The molecule has 0 radical (unpaired) electrons. The lowest BCUT2D eigenvalue weighted by atomic mass is 10.1. The number of amides is 1. The van der Waals surface area contributed by atoms with E-state index in [1.165, 1.54) is 6.33 Å². The molecule has 1 aromatic carbocycles. The molecule has 1 amide bonds. The predicted octanol–water partition coefficient (Wildman–Crippen LogP) is 2.53. The minimum Gasteiger partial charge on any atom is -0.346 e. The quantitative estimate of drug-likeness (QED) is 0.911. The van der Waals surface area contributed by atoms with E-state index in [4.69, 9.17) is 23.2 Å². The van der Waals surface area contributed by atoms with Crippen molar-refractivity contribution in [3.8, 4) is 0 Å². The van der Waals surface area contributed by atoms with Crippen molar-refractivity contribution in [2.75, 3.05) is 0 Å². The lowest BCUT2D eigenvalue weighted by Crippen LogP contribution is -2.28. The van der Waals surface area contributed by atoms with Crippen LogP contribution < -0.4 is 5.32 Å². The van der Waals surface area contributed by atoms with Crippen LogP contribution in [0.1, 0.15) is 24.4 Å². The second-order valence-corrected chi connectivity index (χ2v) is 4.90. The Hall–Kier alpha value is -1.59. The van der Waals surface area contributed by atoms with E-state index in [0.717, 1.165) is 5.56 Å². The minimum atomic E-state index is -0.224. The van der Waals surface area contributed by atoms with E-state index in [0.29, 0.717) is 15.9 Å². The number of hydrogen-bond acceptors (Lipinski definition) is 3. The van der Waals surface area contributed by atoms with Crippen LogP contribution in [0.15, 0.2) is 24.5 Å². The Balaban J connectivity index is 1.95. The van der Waals surface area contributed by atoms with Gasteiger partial charge >= 0.3 is 0 Å².